The fourth-order valence-corrected chi connectivity index (χ4v) is 2.87. The molecule has 0 saturated heterocycles. The molecule has 0 saturated carbocycles. The molecular formula is C15H23NO2S. The predicted molar refractivity (Wildman–Crippen MR) is 80.6 cm³/mol. The average Bonchev–Trinajstić information content (AvgIpc) is 2.79. The van der Waals surface area contributed by atoms with Gasteiger partial charge in [-0.1, -0.05) is 13.0 Å². The topological polar surface area (TPSA) is 38.3 Å². The number of carbonyl (C=O) groups is 1. The number of methoxy groups -OCH3 is 1. The molecule has 1 aromatic rings. The maximum atomic E-state index is 11.4. The van der Waals surface area contributed by atoms with Gasteiger partial charge in [-0.3, -0.25) is 0 Å². The zero-order chi connectivity index (χ0) is 14.3. The first-order valence-corrected chi connectivity index (χ1v) is 7.44. The van der Waals surface area contributed by atoms with Crippen LogP contribution in [0.5, 0.6) is 0 Å². The van der Waals surface area contributed by atoms with Crippen molar-refractivity contribution < 1.29 is 9.53 Å². The molecule has 1 atom stereocenters. The highest BCUT2D eigenvalue weighted by Gasteiger charge is 2.07. The van der Waals surface area contributed by atoms with Gasteiger partial charge >= 0.3 is 5.97 Å². The molecule has 0 aliphatic carbocycles. The van der Waals surface area contributed by atoms with Gasteiger partial charge in [0.25, 0.3) is 0 Å². The summed E-state index contributed by atoms with van der Waals surface area (Å²) in [6, 6.07) is 4.73. The Bertz CT molecular complexity index is 437. The minimum absolute atomic E-state index is 0.231. The second kappa shape index (κ2) is 8.12. The Labute approximate surface area is 119 Å². The quantitative estimate of drug-likeness (QED) is 0.616. The second-order valence-corrected chi connectivity index (χ2v) is 5.97. The third-order valence-electron chi connectivity index (χ3n) is 2.95. The minimum Gasteiger partial charge on any atom is -0.466 e. The summed E-state index contributed by atoms with van der Waals surface area (Å²) in [7, 11) is 1.42. The zero-order valence-corrected chi connectivity index (χ0v) is 13.0. The largest absolute Gasteiger partial charge is 0.466 e. The fraction of sp³-hybridized carbons (Fsp3) is 0.533. The van der Waals surface area contributed by atoms with E-state index in [1.807, 2.05) is 24.3 Å². The van der Waals surface area contributed by atoms with Crippen LogP contribution in [0.3, 0.4) is 0 Å². The van der Waals surface area contributed by atoms with Crippen LogP contribution in [0.1, 0.15) is 30.0 Å². The van der Waals surface area contributed by atoms with Gasteiger partial charge in [-0.05, 0) is 38.8 Å². The van der Waals surface area contributed by atoms with Crippen molar-refractivity contribution in [2.24, 2.45) is 0 Å². The number of thiophene rings is 1. The monoisotopic (exact) mass is 281 g/mol. The van der Waals surface area contributed by atoms with Gasteiger partial charge in [-0.15, -0.1) is 11.3 Å². The van der Waals surface area contributed by atoms with Crippen molar-refractivity contribution in [2.75, 3.05) is 13.7 Å². The summed E-state index contributed by atoms with van der Waals surface area (Å²) in [6.07, 6.45) is 3.64. The molecule has 1 N–H and O–H groups in total. The molecule has 1 aromatic heterocycles. The van der Waals surface area contributed by atoms with Crippen molar-refractivity contribution in [1.82, 2.24) is 5.32 Å². The van der Waals surface area contributed by atoms with Crippen LogP contribution in [0.4, 0.5) is 0 Å². The molecule has 1 rings (SSSR count). The summed E-state index contributed by atoms with van der Waals surface area (Å²) in [6.45, 7) is 6.94. The Morgan fingerprint density at radius 1 is 1.53 bits per heavy atom. The van der Waals surface area contributed by atoms with E-state index in [1.54, 1.807) is 0 Å². The van der Waals surface area contributed by atoms with Crippen molar-refractivity contribution in [3.05, 3.63) is 33.5 Å². The standard InChI is InChI=1S/C15H23NO2S/c1-5-13(15(17)18-4)8-9-16-11(2)10-14-7-6-12(3)19-14/h6-8,11,16H,5,9-10H2,1-4H3/b13-8-. The number of ether oxygens (including phenoxy) is 1. The summed E-state index contributed by atoms with van der Waals surface area (Å²) in [5.74, 6) is -0.231. The van der Waals surface area contributed by atoms with Gasteiger partial charge in [0.2, 0.25) is 0 Å². The van der Waals surface area contributed by atoms with E-state index in [0.29, 0.717) is 19.0 Å². The maximum absolute atomic E-state index is 11.4. The first-order chi connectivity index (χ1) is 9.06. The molecule has 0 aliphatic heterocycles. The molecule has 19 heavy (non-hydrogen) atoms. The van der Waals surface area contributed by atoms with Crippen LogP contribution in [-0.2, 0) is 16.0 Å². The lowest BCUT2D eigenvalue weighted by Gasteiger charge is -2.11. The number of hydrogen-bond acceptors (Lipinski definition) is 4. The van der Waals surface area contributed by atoms with Crippen molar-refractivity contribution in [3.8, 4) is 0 Å². The van der Waals surface area contributed by atoms with Crippen LogP contribution in [0.2, 0.25) is 0 Å². The van der Waals surface area contributed by atoms with Crippen molar-refractivity contribution in [2.45, 2.75) is 39.7 Å². The van der Waals surface area contributed by atoms with Gasteiger partial charge < -0.3 is 10.1 Å². The molecule has 0 fully saturated rings. The Balaban J connectivity index is 2.39. The number of rotatable bonds is 7. The molecule has 1 heterocycles. The van der Waals surface area contributed by atoms with Gasteiger partial charge in [-0.25, -0.2) is 4.79 Å². The number of nitrogens with one attached hydrogen (secondary N) is 1. The first-order valence-electron chi connectivity index (χ1n) is 6.62. The second-order valence-electron chi connectivity index (χ2n) is 4.60. The minimum atomic E-state index is -0.231. The third-order valence-corrected chi connectivity index (χ3v) is 3.97. The van der Waals surface area contributed by atoms with E-state index in [2.05, 4.69) is 31.3 Å². The lowest BCUT2D eigenvalue weighted by Crippen LogP contribution is -2.28. The van der Waals surface area contributed by atoms with E-state index in [4.69, 9.17) is 4.74 Å². The molecular weight excluding hydrogens is 258 g/mol. The molecule has 0 aliphatic rings. The SMILES string of the molecule is CC/C(=C/CNC(C)Cc1ccc(C)s1)C(=O)OC. The molecule has 0 spiro atoms. The molecule has 0 radical (unpaired) electrons. The average molecular weight is 281 g/mol. The summed E-state index contributed by atoms with van der Waals surface area (Å²) in [5.41, 5.74) is 0.731. The van der Waals surface area contributed by atoms with Crippen LogP contribution in [0, 0.1) is 6.92 Å². The summed E-state index contributed by atoms with van der Waals surface area (Å²) in [4.78, 5) is 14.1. The normalized spacial score (nSPS) is 13.4. The van der Waals surface area contributed by atoms with Crippen LogP contribution in [0.25, 0.3) is 0 Å². The highest BCUT2D eigenvalue weighted by molar-refractivity contribution is 7.11. The van der Waals surface area contributed by atoms with E-state index < -0.39 is 0 Å². The van der Waals surface area contributed by atoms with Crippen molar-refractivity contribution >= 4 is 17.3 Å². The van der Waals surface area contributed by atoms with Crippen LogP contribution in [-0.4, -0.2) is 25.7 Å². The lowest BCUT2D eigenvalue weighted by molar-refractivity contribution is -0.136. The summed E-state index contributed by atoms with van der Waals surface area (Å²) in [5, 5.41) is 3.41. The van der Waals surface area contributed by atoms with Crippen molar-refractivity contribution in [1.29, 1.82) is 0 Å². The maximum Gasteiger partial charge on any atom is 0.333 e. The van der Waals surface area contributed by atoms with Gasteiger partial charge in [0.15, 0.2) is 0 Å². The molecule has 4 heteroatoms. The number of aryl methyl sites for hydroxylation is 1. The van der Waals surface area contributed by atoms with E-state index in [1.165, 1.54) is 16.9 Å². The molecule has 0 aromatic carbocycles. The van der Waals surface area contributed by atoms with E-state index >= 15 is 0 Å². The Kier molecular flexibility index (Phi) is 6.81. The zero-order valence-electron chi connectivity index (χ0n) is 12.2. The van der Waals surface area contributed by atoms with E-state index in [9.17, 15) is 4.79 Å². The lowest BCUT2D eigenvalue weighted by atomic mass is 10.1. The third kappa shape index (κ3) is 5.57. The fourth-order valence-electron chi connectivity index (χ4n) is 1.86. The van der Waals surface area contributed by atoms with Gasteiger partial charge in [0.1, 0.15) is 0 Å². The highest BCUT2D eigenvalue weighted by atomic mass is 32.1. The van der Waals surface area contributed by atoms with Gasteiger partial charge in [0, 0.05) is 27.9 Å². The van der Waals surface area contributed by atoms with Crippen molar-refractivity contribution in [3.63, 3.8) is 0 Å². The highest BCUT2D eigenvalue weighted by Crippen LogP contribution is 2.16. The van der Waals surface area contributed by atoms with E-state index in [-0.39, 0.29) is 5.97 Å². The van der Waals surface area contributed by atoms with Gasteiger partial charge in [0.05, 0.1) is 7.11 Å². The summed E-state index contributed by atoms with van der Waals surface area (Å²) < 4.78 is 4.73. The molecule has 0 bridgehead atoms. The Hall–Kier alpha value is -1.13. The van der Waals surface area contributed by atoms with Crippen LogP contribution in [0.15, 0.2) is 23.8 Å². The van der Waals surface area contributed by atoms with Crippen LogP contribution >= 0.6 is 11.3 Å². The number of hydrogen-bond donors (Lipinski definition) is 1. The first kappa shape index (κ1) is 15.9. The van der Waals surface area contributed by atoms with E-state index in [0.717, 1.165) is 12.0 Å². The number of esters is 1. The molecule has 1 unspecified atom stereocenters. The van der Waals surface area contributed by atoms with Crippen LogP contribution < -0.4 is 5.32 Å². The van der Waals surface area contributed by atoms with Gasteiger partial charge in [-0.2, -0.15) is 0 Å². The molecule has 3 nitrogen and oxygen atoms in total. The smallest absolute Gasteiger partial charge is 0.333 e. The number of carbonyl (C=O) groups excluding carboxylic acids is 1. The molecule has 0 amide bonds. The predicted octanol–water partition coefficient (Wildman–Crippen LogP) is 3.09. The Morgan fingerprint density at radius 3 is 2.79 bits per heavy atom. The summed E-state index contributed by atoms with van der Waals surface area (Å²) >= 11 is 1.84. The Morgan fingerprint density at radius 2 is 2.26 bits per heavy atom. The molecule has 106 valence electrons.